The molecule has 0 spiro atoms. The summed E-state index contributed by atoms with van der Waals surface area (Å²) < 4.78 is 40.3. The number of para-hydroxylation sites is 1. The van der Waals surface area contributed by atoms with Gasteiger partial charge in [-0.1, -0.05) is 23.5 Å². The number of ether oxygens (including phenoxy) is 2. The molecule has 0 unspecified atom stereocenters. The number of carbonyl (C=O) groups excluding carboxylic acids is 2. The van der Waals surface area contributed by atoms with Crippen LogP contribution >= 0.6 is 27.3 Å². The van der Waals surface area contributed by atoms with Crippen molar-refractivity contribution in [3.8, 4) is 5.75 Å². The first-order valence-corrected chi connectivity index (χ1v) is 11.6. The van der Waals surface area contributed by atoms with E-state index < -0.39 is 22.0 Å². The average Bonchev–Trinajstić information content (AvgIpc) is 3.22. The molecular weight excluding hydrogens is 500 g/mol. The van der Waals surface area contributed by atoms with Gasteiger partial charge in [-0.3, -0.25) is 10.1 Å². The van der Waals surface area contributed by atoms with Crippen molar-refractivity contribution < 1.29 is 27.5 Å². The molecule has 2 N–H and O–H groups in total. The number of thiazole rings is 1. The zero-order chi connectivity index (χ0) is 21.9. The summed E-state index contributed by atoms with van der Waals surface area (Å²) in [4.78, 5) is 26.8. The third-order valence-electron chi connectivity index (χ3n) is 3.79. The average molecular weight is 517 g/mol. The number of aromatic nitrogens is 2. The van der Waals surface area contributed by atoms with Gasteiger partial charge >= 0.3 is 12.0 Å². The third-order valence-corrected chi connectivity index (χ3v) is 6.54. The normalized spacial score (nSPS) is 11.3. The number of sulfonamides is 1. The van der Waals surface area contributed by atoms with Crippen LogP contribution in [0.1, 0.15) is 6.92 Å². The van der Waals surface area contributed by atoms with Gasteiger partial charge in [0, 0.05) is 25.6 Å². The van der Waals surface area contributed by atoms with E-state index in [2.05, 4.69) is 26.2 Å². The Kier molecular flexibility index (Phi) is 6.63. The molecule has 0 aliphatic rings. The van der Waals surface area contributed by atoms with Crippen LogP contribution in [0.15, 0.2) is 39.3 Å². The Morgan fingerprint density at radius 3 is 2.73 bits per heavy atom. The smallest absolute Gasteiger partial charge is 0.334 e. The molecule has 0 saturated carbocycles. The van der Waals surface area contributed by atoms with E-state index in [9.17, 15) is 18.0 Å². The number of urea groups is 1. The van der Waals surface area contributed by atoms with Crippen LogP contribution in [0.4, 0.5) is 9.93 Å². The van der Waals surface area contributed by atoms with Crippen LogP contribution in [0.3, 0.4) is 0 Å². The van der Waals surface area contributed by atoms with Crippen molar-refractivity contribution in [1.29, 1.82) is 0 Å². The summed E-state index contributed by atoms with van der Waals surface area (Å²) in [6, 6.07) is 3.99. The molecule has 160 valence electrons. The number of rotatable bonds is 7. The van der Waals surface area contributed by atoms with Crippen molar-refractivity contribution in [3.05, 3.63) is 34.4 Å². The maximum atomic E-state index is 12.8. The van der Waals surface area contributed by atoms with Crippen LogP contribution in [0.25, 0.3) is 10.9 Å². The van der Waals surface area contributed by atoms with E-state index >= 15 is 0 Å². The highest BCUT2D eigenvalue weighted by molar-refractivity contribution is 9.11. The Morgan fingerprint density at radius 2 is 2.07 bits per heavy atom. The molecule has 0 radical (unpaired) electrons. The standard InChI is InChI=1S/C17H17BrN4O6S2/c1-10(23)27-6-7-28-12-5-3-4-11-13(9-22(2)15(11)12)30(25,26)21-16(24)20-17-19-8-14(18)29-17/h3-5,8-9H,6-7H2,1-2H3,(H2,19,20,21,24). The number of fused-ring (bicyclic) bond motifs is 1. The highest BCUT2D eigenvalue weighted by atomic mass is 79.9. The lowest BCUT2D eigenvalue weighted by Crippen LogP contribution is -2.34. The molecule has 2 heterocycles. The van der Waals surface area contributed by atoms with Crippen LogP contribution in [0.5, 0.6) is 5.75 Å². The van der Waals surface area contributed by atoms with Crippen molar-refractivity contribution in [1.82, 2.24) is 14.3 Å². The van der Waals surface area contributed by atoms with Crippen LogP contribution < -0.4 is 14.8 Å². The van der Waals surface area contributed by atoms with Gasteiger partial charge in [-0.15, -0.1) is 0 Å². The minimum absolute atomic E-state index is 0.0654. The number of hydrogen-bond acceptors (Lipinski definition) is 8. The van der Waals surface area contributed by atoms with Crippen LogP contribution in [0.2, 0.25) is 0 Å². The Bertz CT molecular complexity index is 1200. The molecule has 0 bridgehead atoms. The second-order valence-corrected chi connectivity index (χ2v) is 10.0. The van der Waals surface area contributed by atoms with Crippen LogP contribution in [0, 0.1) is 0 Å². The molecule has 2 amide bonds. The summed E-state index contributed by atoms with van der Waals surface area (Å²) in [5.74, 6) is -0.000739. The first-order chi connectivity index (χ1) is 14.2. The lowest BCUT2D eigenvalue weighted by atomic mass is 10.2. The van der Waals surface area contributed by atoms with Crippen LogP contribution in [-0.4, -0.2) is 43.2 Å². The third kappa shape index (κ3) is 5.09. The van der Waals surface area contributed by atoms with Crippen LogP contribution in [-0.2, 0) is 26.6 Å². The highest BCUT2D eigenvalue weighted by Crippen LogP contribution is 2.32. The van der Waals surface area contributed by atoms with E-state index in [-0.39, 0.29) is 23.2 Å². The van der Waals surface area contributed by atoms with Crippen molar-refractivity contribution in [2.75, 3.05) is 18.5 Å². The summed E-state index contributed by atoms with van der Waals surface area (Å²) in [6.45, 7) is 1.47. The number of anilines is 1. The van der Waals surface area contributed by atoms with Gasteiger partial charge in [-0.05, 0) is 22.0 Å². The highest BCUT2D eigenvalue weighted by Gasteiger charge is 2.24. The Labute approximate surface area is 184 Å². The molecule has 0 fully saturated rings. The first kappa shape index (κ1) is 22.1. The van der Waals surface area contributed by atoms with E-state index in [1.807, 2.05) is 4.72 Å². The number of esters is 1. The lowest BCUT2D eigenvalue weighted by Gasteiger charge is -2.09. The number of hydrogen-bond donors (Lipinski definition) is 2. The molecule has 10 nitrogen and oxygen atoms in total. The summed E-state index contributed by atoms with van der Waals surface area (Å²) in [5, 5.41) is 2.99. The SMILES string of the molecule is CC(=O)OCCOc1cccc2c(S(=O)(=O)NC(=O)Nc3ncc(Br)s3)cn(C)c12. The number of amides is 2. The molecule has 13 heteroatoms. The topological polar surface area (TPSA) is 129 Å². The van der Waals surface area contributed by atoms with Crippen molar-refractivity contribution in [2.45, 2.75) is 11.8 Å². The molecule has 1 aromatic carbocycles. The number of aryl methyl sites for hydroxylation is 1. The molecule has 2 aromatic heterocycles. The molecule has 3 aromatic rings. The maximum absolute atomic E-state index is 12.8. The van der Waals surface area contributed by atoms with Gasteiger partial charge in [0.05, 0.1) is 15.5 Å². The zero-order valence-electron chi connectivity index (χ0n) is 15.8. The Hall–Kier alpha value is -2.64. The largest absolute Gasteiger partial charge is 0.488 e. The number of carbonyl (C=O) groups is 2. The predicted molar refractivity (Wildman–Crippen MR) is 114 cm³/mol. The Morgan fingerprint density at radius 1 is 1.30 bits per heavy atom. The number of benzene rings is 1. The lowest BCUT2D eigenvalue weighted by molar-refractivity contribution is -0.141. The summed E-state index contributed by atoms with van der Waals surface area (Å²) in [6.07, 6.45) is 2.88. The molecule has 3 rings (SSSR count). The first-order valence-electron chi connectivity index (χ1n) is 8.46. The van der Waals surface area contributed by atoms with Gasteiger partial charge < -0.3 is 14.0 Å². The minimum Gasteiger partial charge on any atom is -0.488 e. The molecule has 0 aliphatic carbocycles. The molecule has 0 aliphatic heterocycles. The Balaban J connectivity index is 1.81. The van der Waals surface area contributed by atoms with Crippen molar-refractivity contribution in [2.24, 2.45) is 7.05 Å². The molecular formula is C17H17BrN4O6S2. The number of nitrogens with zero attached hydrogens (tertiary/aromatic N) is 2. The number of nitrogens with one attached hydrogen (secondary N) is 2. The van der Waals surface area contributed by atoms with E-state index in [0.717, 1.165) is 11.3 Å². The zero-order valence-corrected chi connectivity index (χ0v) is 19.1. The van der Waals surface area contributed by atoms with Gasteiger partial charge in [0.2, 0.25) is 0 Å². The quantitative estimate of drug-likeness (QED) is 0.364. The van der Waals surface area contributed by atoms with Crippen molar-refractivity contribution >= 4 is 65.3 Å². The molecule has 30 heavy (non-hydrogen) atoms. The van der Waals surface area contributed by atoms with E-state index in [4.69, 9.17) is 9.47 Å². The van der Waals surface area contributed by atoms with Gasteiger partial charge in [0.1, 0.15) is 23.9 Å². The summed E-state index contributed by atoms with van der Waals surface area (Å²) >= 11 is 4.36. The monoisotopic (exact) mass is 516 g/mol. The summed E-state index contributed by atoms with van der Waals surface area (Å²) in [7, 11) is -2.51. The van der Waals surface area contributed by atoms with E-state index in [0.29, 0.717) is 20.4 Å². The second kappa shape index (κ2) is 9.02. The van der Waals surface area contributed by atoms with Gasteiger partial charge in [0.15, 0.2) is 5.13 Å². The van der Waals surface area contributed by atoms with Gasteiger partial charge in [-0.2, -0.15) is 0 Å². The number of halogens is 1. The maximum Gasteiger partial charge on any atom is 0.334 e. The fraction of sp³-hybridized carbons (Fsp3) is 0.235. The predicted octanol–water partition coefficient (Wildman–Crippen LogP) is 2.85. The fourth-order valence-electron chi connectivity index (χ4n) is 2.67. The van der Waals surface area contributed by atoms with Crippen molar-refractivity contribution in [3.63, 3.8) is 0 Å². The molecule has 0 atom stereocenters. The van der Waals surface area contributed by atoms with Gasteiger partial charge in [0.25, 0.3) is 10.0 Å². The summed E-state index contributed by atoms with van der Waals surface area (Å²) in [5.41, 5.74) is 0.518. The second-order valence-electron chi connectivity index (χ2n) is 5.97. The minimum atomic E-state index is -4.17. The van der Waals surface area contributed by atoms with Gasteiger partial charge in [-0.25, -0.2) is 22.9 Å². The fourth-order valence-corrected chi connectivity index (χ4v) is 4.93. The van der Waals surface area contributed by atoms with E-state index in [1.54, 1.807) is 29.8 Å². The molecule has 0 saturated heterocycles. The van der Waals surface area contributed by atoms with E-state index in [1.165, 1.54) is 19.3 Å².